The molecular weight excluding hydrogens is 288 g/mol. The summed E-state index contributed by atoms with van der Waals surface area (Å²) in [5, 5.41) is 9.37. The van der Waals surface area contributed by atoms with Crippen LogP contribution in [0.15, 0.2) is 59.4 Å². The third-order valence-electron chi connectivity index (χ3n) is 3.29. The van der Waals surface area contributed by atoms with Gasteiger partial charge in [0.15, 0.2) is 6.29 Å². The maximum absolute atomic E-state index is 9.37. The molecule has 0 amide bonds. The van der Waals surface area contributed by atoms with Crippen LogP contribution >= 0.6 is 0 Å². The molecule has 1 aliphatic rings. The highest BCUT2D eigenvalue weighted by Crippen LogP contribution is 2.13. The second-order valence-corrected chi connectivity index (χ2v) is 5.42. The number of ether oxygens (including phenoxy) is 2. The minimum atomic E-state index is -0.0483. The Labute approximate surface area is 139 Å². The summed E-state index contributed by atoms with van der Waals surface area (Å²) in [5.74, 6) is 2.34. The molecule has 0 aromatic heterocycles. The van der Waals surface area contributed by atoms with Gasteiger partial charge in [0.1, 0.15) is 5.76 Å². The van der Waals surface area contributed by atoms with Gasteiger partial charge in [-0.2, -0.15) is 0 Å². The van der Waals surface area contributed by atoms with Crippen LogP contribution in [0.5, 0.6) is 0 Å². The fourth-order valence-corrected chi connectivity index (χ4v) is 1.96. The van der Waals surface area contributed by atoms with E-state index in [2.05, 4.69) is 5.92 Å². The SMILES string of the molecule is C#CC=C(O)C=CC(C)=CC=CC(C)=CCOC1CCCCO1. The maximum Gasteiger partial charge on any atom is 0.157 e. The lowest BCUT2D eigenvalue weighted by Gasteiger charge is -2.21. The summed E-state index contributed by atoms with van der Waals surface area (Å²) in [6.45, 7) is 5.35. The number of allylic oxidation sites excluding steroid dienone is 8. The lowest BCUT2D eigenvalue weighted by Crippen LogP contribution is -2.22. The van der Waals surface area contributed by atoms with Crippen LogP contribution in [0, 0.1) is 12.3 Å². The van der Waals surface area contributed by atoms with Crippen molar-refractivity contribution in [2.45, 2.75) is 39.4 Å². The van der Waals surface area contributed by atoms with E-state index in [0.29, 0.717) is 6.61 Å². The first-order valence-electron chi connectivity index (χ1n) is 7.90. The average molecular weight is 314 g/mol. The summed E-state index contributed by atoms with van der Waals surface area (Å²) in [6.07, 6.45) is 21.0. The van der Waals surface area contributed by atoms with Gasteiger partial charge in [0.25, 0.3) is 0 Å². The average Bonchev–Trinajstić information content (AvgIpc) is 2.54. The Morgan fingerprint density at radius 1 is 1.26 bits per heavy atom. The van der Waals surface area contributed by atoms with Gasteiger partial charge < -0.3 is 14.6 Å². The molecule has 0 saturated carbocycles. The van der Waals surface area contributed by atoms with Crippen molar-refractivity contribution in [3.8, 4) is 12.3 Å². The Hall–Kier alpha value is -2.02. The van der Waals surface area contributed by atoms with Crippen LogP contribution in [0.1, 0.15) is 33.1 Å². The van der Waals surface area contributed by atoms with E-state index >= 15 is 0 Å². The summed E-state index contributed by atoms with van der Waals surface area (Å²) in [7, 11) is 0. The van der Waals surface area contributed by atoms with Gasteiger partial charge in [0.05, 0.1) is 6.61 Å². The van der Waals surface area contributed by atoms with Crippen LogP contribution in [-0.2, 0) is 9.47 Å². The molecule has 1 saturated heterocycles. The van der Waals surface area contributed by atoms with E-state index in [1.54, 1.807) is 12.2 Å². The Balaban J connectivity index is 2.36. The zero-order valence-corrected chi connectivity index (χ0v) is 14.0. The Morgan fingerprint density at radius 3 is 2.78 bits per heavy atom. The molecule has 0 aliphatic carbocycles. The molecule has 1 aliphatic heterocycles. The summed E-state index contributed by atoms with van der Waals surface area (Å²) in [5.41, 5.74) is 2.14. The lowest BCUT2D eigenvalue weighted by atomic mass is 10.2. The van der Waals surface area contributed by atoms with Crippen molar-refractivity contribution in [2.75, 3.05) is 13.2 Å². The van der Waals surface area contributed by atoms with Crippen molar-refractivity contribution in [3.63, 3.8) is 0 Å². The highest BCUT2D eigenvalue weighted by Gasteiger charge is 2.12. The van der Waals surface area contributed by atoms with Gasteiger partial charge >= 0.3 is 0 Å². The molecule has 1 fully saturated rings. The van der Waals surface area contributed by atoms with Crippen molar-refractivity contribution in [2.24, 2.45) is 0 Å². The van der Waals surface area contributed by atoms with Crippen LogP contribution in [0.25, 0.3) is 0 Å². The minimum absolute atomic E-state index is 0.0483. The normalized spacial score (nSPS) is 21.1. The largest absolute Gasteiger partial charge is 0.507 e. The van der Waals surface area contributed by atoms with Crippen LogP contribution in [0.4, 0.5) is 0 Å². The second kappa shape index (κ2) is 11.5. The van der Waals surface area contributed by atoms with E-state index in [-0.39, 0.29) is 12.0 Å². The third kappa shape index (κ3) is 9.57. The van der Waals surface area contributed by atoms with Gasteiger partial charge in [-0.05, 0) is 39.2 Å². The lowest BCUT2D eigenvalue weighted by molar-refractivity contribution is -0.155. The molecule has 23 heavy (non-hydrogen) atoms. The molecule has 0 aromatic rings. The minimum Gasteiger partial charge on any atom is -0.507 e. The number of aliphatic hydroxyl groups is 1. The molecule has 1 unspecified atom stereocenters. The van der Waals surface area contributed by atoms with Gasteiger partial charge in [0, 0.05) is 12.7 Å². The summed E-state index contributed by atoms with van der Waals surface area (Å²) in [6, 6.07) is 0. The molecule has 3 nitrogen and oxygen atoms in total. The first-order valence-corrected chi connectivity index (χ1v) is 7.90. The molecule has 0 aromatic carbocycles. The third-order valence-corrected chi connectivity index (χ3v) is 3.29. The van der Waals surface area contributed by atoms with Crippen molar-refractivity contribution in [3.05, 3.63) is 59.4 Å². The number of hydrogen-bond donors (Lipinski definition) is 1. The van der Waals surface area contributed by atoms with E-state index in [9.17, 15) is 5.11 Å². The topological polar surface area (TPSA) is 38.7 Å². The van der Waals surface area contributed by atoms with Crippen LogP contribution in [-0.4, -0.2) is 24.6 Å². The molecule has 1 heterocycles. The zero-order valence-electron chi connectivity index (χ0n) is 14.0. The fourth-order valence-electron chi connectivity index (χ4n) is 1.96. The van der Waals surface area contributed by atoms with E-state index in [0.717, 1.165) is 30.6 Å². The van der Waals surface area contributed by atoms with Gasteiger partial charge in [0.2, 0.25) is 0 Å². The highest BCUT2D eigenvalue weighted by atomic mass is 16.7. The first-order chi connectivity index (χ1) is 11.1. The summed E-state index contributed by atoms with van der Waals surface area (Å²) >= 11 is 0. The monoisotopic (exact) mass is 314 g/mol. The van der Waals surface area contributed by atoms with Crippen molar-refractivity contribution in [1.82, 2.24) is 0 Å². The molecule has 1 atom stereocenters. The number of hydrogen-bond acceptors (Lipinski definition) is 3. The van der Waals surface area contributed by atoms with Gasteiger partial charge in [-0.1, -0.05) is 47.4 Å². The van der Waals surface area contributed by atoms with Crippen LogP contribution in [0.3, 0.4) is 0 Å². The summed E-state index contributed by atoms with van der Waals surface area (Å²) in [4.78, 5) is 0. The van der Waals surface area contributed by atoms with E-state index in [4.69, 9.17) is 15.9 Å². The number of aliphatic hydroxyl groups excluding tert-OH is 1. The van der Waals surface area contributed by atoms with E-state index < -0.39 is 0 Å². The van der Waals surface area contributed by atoms with Crippen molar-refractivity contribution >= 4 is 0 Å². The van der Waals surface area contributed by atoms with Gasteiger partial charge in [-0.15, -0.1) is 6.42 Å². The summed E-state index contributed by atoms with van der Waals surface area (Å²) < 4.78 is 11.2. The molecule has 1 rings (SSSR count). The molecule has 0 bridgehead atoms. The molecule has 124 valence electrons. The number of rotatable bonds is 7. The molecule has 1 N–H and O–H groups in total. The first kappa shape index (κ1) is 19.0. The second-order valence-electron chi connectivity index (χ2n) is 5.42. The standard InChI is InChI=1S/C20H26O3/c1-4-8-19(21)13-12-17(2)9-7-10-18(3)14-16-23-20-11-5-6-15-22-20/h1,7-10,12-14,20-21H,5-6,11,15-16H2,2-3H3. The van der Waals surface area contributed by atoms with Crippen molar-refractivity contribution in [1.29, 1.82) is 0 Å². The van der Waals surface area contributed by atoms with Gasteiger partial charge in [-0.3, -0.25) is 0 Å². The highest BCUT2D eigenvalue weighted by molar-refractivity contribution is 5.30. The Kier molecular flexibility index (Phi) is 9.54. The number of terminal acetylenes is 1. The predicted molar refractivity (Wildman–Crippen MR) is 94.9 cm³/mol. The van der Waals surface area contributed by atoms with Crippen LogP contribution < -0.4 is 0 Å². The Bertz CT molecular complexity index is 536. The maximum atomic E-state index is 9.37. The van der Waals surface area contributed by atoms with Gasteiger partial charge in [-0.25, -0.2) is 0 Å². The molecule has 3 heteroatoms. The Morgan fingerprint density at radius 2 is 2.09 bits per heavy atom. The van der Waals surface area contributed by atoms with Crippen LogP contribution in [0.2, 0.25) is 0 Å². The molecular formula is C20H26O3. The fraction of sp³-hybridized carbons (Fsp3) is 0.400. The molecule has 0 spiro atoms. The smallest absolute Gasteiger partial charge is 0.157 e. The van der Waals surface area contributed by atoms with E-state index in [1.807, 2.05) is 38.2 Å². The predicted octanol–water partition coefficient (Wildman–Crippen LogP) is 4.61. The van der Waals surface area contributed by atoms with Crippen molar-refractivity contribution < 1.29 is 14.6 Å². The quantitative estimate of drug-likeness (QED) is 0.424. The zero-order chi connectivity index (χ0) is 16.9. The molecule has 0 radical (unpaired) electrons. The van der Waals surface area contributed by atoms with E-state index in [1.165, 1.54) is 12.5 Å².